The second-order valence-corrected chi connectivity index (χ2v) is 5.79. The van der Waals surface area contributed by atoms with Gasteiger partial charge < -0.3 is 4.57 Å². The lowest BCUT2D eigenvalue weighted by molar-refractivity contribution is 0.592. The van der Waals surface area contributed by atoms with Crippen LogP contribution < -0.4 is 11.2 Å². The molecule has 3 heterocycles. The molecule has 3 aromatic heterocycles. The molecule has 0 spiro atoms. The number of imidazole rings is 2. The summed E-state index contributed by atoms with van der Waals surface area (Å²) in [6, 6.07) is 0. The fraction of sp³-hybridized carbons (Fsp3) is 0.438. The predicted molar refractivity (Wildman–Crippen MR) is 90.2 cm³/mol. The van der Waals surface area contributed by atoms with Crippen LogP contribution in [-0.4, -0.2) is 23.1 Å². The summed E-state index contributed by atoms with van der Waals surface area (Å²) in [7, 11) is 1.66. The maximum atomic E-state index is 12.9. The Morgan fingerprint density at radius 1 is 1.17 bits per heavy atom. The zero-order valence-corrected chi connectivity index (χ0v) is 14.0. The topological polar surface area (TPSA) is 66.2 Å². The Morgan fingerprint density at radius 2 is 1.87 bits per heavy atom. The summed E-state index contributed by atoms with van der Waals surface area (Å²) in [5, 5.41) is 0. The van der Waals surface area contributed by atoms with Crippen molar-refractivity contribution in [2.45, 2.75) is 40.3 Å². The van der Waals surface area contributed by atoms with E-state index in [9.17, 15) is 9.59 Å². The van der Waals surface area contributed by atoms with E-state index in [1.165, 1.54) is 9.13 Å². The van der Waals surface area contributed by atoms with Gasteiger partial charge in [0.2, 0.25) is 5.78 Å². The number of aryl methyl sites for hydroxylation is 2. The van der Waals surface area contributed by atoms with Crippen molar-refractivity contribution in [1.29, 1.82) is 0 Å². The number of rotatable bonds is 4. The van der Waals surface area contributed by atoms with Crippen LogP contribution in [0.5, 0.6) is 0 Å². The molecule has 7 heteroatoms. The highest BCUT2D eigenvalue weighted by Gasteiger charge is 2.21. The van der Waals surface area contributed by atoms with Crippen LogP contribution in [0, 0.1) is 13.8 Å². The minimum absolute atomic E-state index is 0.281. The van der Waals surface area contributed by atoms with E-state index >= 15 is 0 Å². The summed E-state index contributed by atoms with van der Waals surface area (Å²) in [5.41, 5.74) is 2.25. The maximum Gasteiger partial charge on any atom is 0.332 e. The Kier molecular flexibility index (Phi) is 3.50. The first kappa shape index (κ1) is 15.3. The van der Waals surface area contributed by atoms with Crippen molar-refractivity contribution in [2.24, 2.45) is 7.05 Å². The molecular weight excluding hydrogens is 294 g/mol. The van der Waals surface area contributed by atoms with Gasteiger partial charge in [0.25, 0.3) is 5.56 Å². The fourth-order valence-electron chi connectivity index (χ4n) is 3.08. The number of allylic oxidation sites excluding steroid dienone is 1. The van der Waals surface area contributed by atoms with Gasteiger partial charge in [0, 0.05) is 31.5 Å². The molecule has 0 saturated heterocycles. The van der Waals surface area contributed by atoms with Crippen LogP contribution in [0.25, 0.3) is 16.9 Å². The van der Waals surface area contributed by atoms with E-state index in [0.29, 0.717) is 30.0 Å². The molecule has 0 aliphatic rings. The molecule has 3 aromatic rings. The zero-order valence-electron chi connectivity index (χ0n) is 14.0. The van der Waals surface area contributed by atoms with Crippen LogP contribution in [0.2, 0.25) is 0 Å². The van der Waals surface area contributed by atoms with Gasteiger partial charge >= 0.3 is 5.69 Å². The largest absolute Gasteiger partial charge is 0.332 e. The van der Waals surface area contributed by atoms with Crippen LogP contribution in [0.4, 0.5) is 0 Å². The van der Waals surface area contributed by atoms with Gasteiger partial charge in [-0.05, 0) is 20.3 Å². The van der Waals surface area contributed by atoms with Gasteiger partial charge in [0.1, 0.15) is 0 Å². The maximum absolute atomic E-state index is 12.9. The minimum atomic E-state index is -0.324. The zero-order chi connectivity index (χ0) is 16.9. The van der Waals surface area contributed by atoms with Crippen LogP contribution in [0.1, 0.15) is 24.7 Å². The Bertz CT molecular complexity index is 1040. The van der Waals surface area contributed by atoms with Crippen molar-refractivity contribution < 1.29 is 0 Å². The van der Waals surface area contributed by atoms with Gasteiger partial charge in [-0.15, -0.1) is 6.58 Å². The normalized spacial score (nSPS) is 11.7. The molecule has 0 unspecified atom stereocenters. The lowest BCUT2D eigenvalue weighted by Gasteiger charge is -2.07. The van der Waals surface area contributed by atoms with Gasteiger partial charge in [0.05, 0.1) is 0 Å². The molecule has 3 rings (SSSR count). The Hall–Kier alpha value is -2.57. The first-order valence-electron chi connectivity index (χ1n) is 7.72. The average molecular weight is 315 g/mol. The molecule has 0 saturated carbocycles. The number of fused-ring (bicyclic) bond motifs is 3. The number of nitrogens with zero attached hydrogens (tertiary/aromatic N) is 5. The van der Waals surface area contributed by atoms with Gasteiger partial charge in [-0.2, -0.15) is 4.98 Å². The summed E-state index contributed by atoms with van der Waals surface area (Å²) >= 11 is 0. The standard InChI is InChI=1S/C16H21N5O2/c1-6-8-19-10(3)11(4)21-12-13(17-15(19)21)18(5)16(23)20(9-7-2)14(12)22/h6H,1,7-9H2,2-5H3. The van der Waals surface area contributed by atoms with Gasteiger partial charge in [-0.3, -0.25) is 18.3 Å². The Labute approximate surface area is 133 Å². The molecule has 0 radical (unpaired) electrons. The van der Waals surface area contributed by atoms with Crippen LogP contribution in [-0.2, 0) is 20.1 Å². The van der Waals surface area contributed by atoms with Crippen molar-refractivity contribution in [3.63, 3.8) is 0 Å². The molecule has 0 aromatic carbocycles. The highest BCUT2D eigenvalue weighted by molar-refractivity contribution is 5.76. The van der Waals surface area contributed by atoms with E-state index < -0.39 is 0 Å². The third kappa shape index (κ3) is 1.92. The van der Waals surface area contributed by atoms with Crippen molar-refractivity contribution in [1.82, 2.24) is 23.1 Å². The van der Waals surface area contributed by atoms with E-state index in [2.05, 4.69) is 11.6 Å². The SMILES string of the molecule is C=CCn1c(C)c(C)n2c3c(=O)n(CCC)c(=O)n(C)c3nc12. The predicted octanol–water partition coefficient (Wildman–Crippen LogP) is 1.36. The lowest BCUT2D eigenvalue weighted by atomic mass is 10.3. The number of aromatic nitrogens is 5. The smallest absolute Gasteiger partial charge is 0.310 e. The van der Waals surface area contributed by atoms with E-state index in [-0.39, 0.29) is 11.2 Å². The summed E-state index contributed by atoms with van der Waals surface area (Å²) in [4.78, 5) is 29.8. The molecule has 0 aliphatic heterocycles. The first-order valence-corrected chi connectivity index (χ1v) is 7.72. The average Bonchev–Trinajstić information content (AvgIpc) is 3.02. The molecule has 0 atom stereocenters. The summed E-state index contributed by atoms with van der Waals surface area (Å²) in [5.74, 6) is 0.663. The van der Waals surface area contributed by atoms with Crippen molar-refractivity contribution >= 4 is 16.9 Å². The Morgan fingerprint density at radius 3 is 2.48 bits per heavy atom. The van der Waals surface area contributed by atoms with E-state index in [1.54, 1.807) is 13.1 Å². The van der Waals surface area contributed by atoms with Crippen LogP contribution in [0.3, 0.4) is 0 Å². The van der Waals surface area contributed by atoms with Crippen molar-refractivity contribution in [3.8, 4) is 0 Å². The van der Waals surface area contributed by atoms with Crippen LogP contribution >= 0.6 is 0 Å². The molecule has 0 amide bonds. The third-order valence-electron chi connectivity index (χ3n) is 4.39. The fourth-order valence-corrected chi connectivity index (χ4v) is 3.08. The number of hydrogen-bond donors (Lipinski definition) is 0. The highest BCUT2D eigenvalue weighted by atomic mass is 16.2. The van der Waals surface area contributed by atoms with E-state index in [0.717, 1.165) is 17.8 Å². The van der Waals surface area contributed by atoms with Gasteiger partial charge in [0.15, 0.2) is 11.2 Å². The highest BCUT2D eigenvalue weighted by Crippen LogP contribution is 2.20. The molecule has 122 valence electrons. The molecule has 7 nitrogen and oxygen atoms in total. The summed E-state index contributed by atoms with van der Waals surface area (Å²) in [6.07, 6.45) is 2.51. The molecule has 23 heavy (non-hydrogen) atoms. The van der Waals surface area contributed by atoms with E-state index in [4.69, 9.17) is 0 Å². The second kappa shape index (κ2) is 5.26. The minimum Gasteiger partial charge on any atom is -0.310 e. The van der Waals surface area contributed by atoms with Gasteiger partial charge in [-0.1, -0.05) is 13.0 Å². The molecule has 0 bridgehead atoms. The quantitative estimate of drug-likeness (QED) is 0.683. The summed E-state index contributed by atoms with van der Waals surface area (Å²) < 4.78 is 6.58. The first-order chi connectivity index (χ1) is 10.9. The monoisotopic (exact) mass is 315 g/mol. The molecule has 0 N–H and O–H groups in total. The third-order valence-corrected chi connectivity index (χ3v) is 4.39. The molecule has 0 fully saturated rings. The summed E-state index contributed by atoms with van der Waals surface area (Å²) in [6.45, 7) is 10.7. The van der Waals surface area contributed by atoms with Crippen molar-refractivity contribution in [3.05, 3.63) is 44.9 Å². The van der Waals surface area contributed by atoms with Crippen molar-refractivity contribution in [2.75, 3.05) is 0 Å². The lowest BCUT2D eigenvalue weighted by Crippen LogP contribution is -2.39. The molecular formula is C16H21N5O2. The number of hydrogen-bond acceptors (Lipinski definition) is 3. The van der Waals surface area contributed by atoms with Crippen LogP contribution in [0.15, 0.2) is 22.2 Å². The van der Waals surface area contributed by atoms with Gasteiger partial charge in [-0.25, -0.2) is 4.79 Å². The molecule has 0 aliphatic carbocycles. The Balaban J connectivity index is 2.58. The van der Waals surface area contributed by atoms with E-state index in [1.807, 2.05) is 29.7 Å². The second-order valence-electron chi connectivity index (χ2n) is 5.79.